The maximum Gasteiger partial charge on any atom is 0.0586 e. The minimum atomic E-state index is 0.326. The van der Waals surface area contributed by atoms with Gasteiger partial charge < -0.3 is 5.11 Å². The number of rotatable bonds is 29. The molecule has 0 radical (unpaired) electrons. The molecule has 0 bridgehead atoms. The average molecular weight is 482 g/mol. The van der Waals surface area contributed by atoms with Gasteiger partial charge in [-0.15, -0.1) is 0 Å². The van der Waals surface area contributed by atoms with Gasteiger partial charge in [0.25, 0.3) is 0 Å². The molecule has 0 aliphatic rings. The Labute approximate surface area is 217 Å². The first-order valence-corrected chi connectivity index (χ1v) is 16.1. The number of hydrogen-bond acceptors (Lipinski definition) is 2. The Morgan fingerprint density at radius 3 is 0.912 bits per heavy atom. The van der Waals surface area contributed by atoms with Gasteiger partial charge in [0.15, 0.2) is 0 Å². The number of aliphatic hydroxyl groups is 1. The molecule has 206 valence electrons. The maximum atomic E-state index is 9.84. The summed E-state index contributed by atoms with van der Waals surface area (Å²) < 4.78 is 0. The number of nitrogens with zero attached hydrogens (tertiary/aromatic N) is 1. The second-order valence-corrected chi connectivity index (χ2v) is 11.1. The Hall–Kier alpha value is -0.0800. The Balaban J connectivity index is 3.66. The fraction of sp³-hybridized carbons (Fsp3) is 1.00. The summed E-state index contributed by atoms with van der Waals surface area (Å²) in [6.45, 7) is 9.53. The highest BCUT2D eigenvalue weighted by Gasteiger charge is 2.15. The van der Waals surface area contributed by atoms with Gasteiger partial charge in [0.1, 0.15) is 0 Å². The van der Waals surface area contributed by atoms with Crippen LogP contribution in [0.4, 0.5) is 0 Å². The van der Waals surface area contributed by atoms with E-state index in [9.17, 15) is 5.11 Å². The lowest BCUT2D eigenvalue weighted by Crippen LogP contribution is -2.39. The Kier molecular flexibility index (Phi) is 29.1. The number of aliphatic hydroxyl groups excluding tert-OH is 1. The van der Waals surface area contributed by atoms with E-state index in [1.807, 2.05) is 0 Å². The van der Waals surface area contributed by atoms with E-state index in [1.54, 1.807) is 0 Å². The van der Waals surface area contributed by atoms with Gasteiger partial charge in [-0.25, -0.2) is 0 Å². The van der Waals surface area contributed by atoms with Crippen molar-refractivity contribution in [1.82, 2.24) is 4.90 Å². The predicted molar refractivity (Wildman–Crippen MR) is 155 cm³/mol. The molecule has 2 nitrogen and oxygen atoms in total. The molecule has 1 atom stereocenters. The molecule has 0 heterocycles. The quantitative estimate of drug-likeness (QED) is 0.107. The van der Waals surface area contributed by atoms with Crippen LogP contribution < -0.4 is 0 Å². The van der Waals surface area contributed by atoms with Crippen LogP contribution in [0, 0.1) is 0 Å². The van der Waals surface area contributed by atoms with E-state index in [1.165, 1.54) is 167 Å². The zero-order valence-corrected chi connectivity index (χ0v) is 24.3. The highest BCUT2D eigenvalue weighted by Crippen LogP contribution is 2.15. The summed E-state index contributed by atoms with van der Waals surface area (Å²) >= 11 is 0. The van der Waals surface area contributed by atoms with Gasteiger partial charge >= 0.3 is 0 Å². The summed E-state index contributed by atoms with van der Waals surface area (Å²) in [4.78, 5) is 2.60. The lowest BCUT2D eigenvalue weighted by Gasteiger charge is -2.30. The minimum Gasteiger partial charge on any atom is -0.395 e. The van der Waals surface area contributed by atoms with Crippen LogP contribution in [0.2, 0.25) is 0 Å². The van der Waals surface area contributed by atoms with Crippen LogP contribution in [0.15, 0.2) is 0 Å². The van der Waals surface area contributed by atoms with Gasteiger partial charge in [0.2, 0.25) is 0 Å². The van der Waals surface area contributed by atoms with Gasteiger partial charge in [0.05, 0.1) is 6.61 Å². The molecule has 0 saturated heterocycles. The van der Waals surface area contributed by atoms with Crippen molar-refractivity contribution in [3.8, 4) is 0 Å². The Bertz CT molecular complexity index is 327. The summed E-state index contributed by atoms with van der Waals surface area (Å²) in [5.41, 5.74) is 0. The Morgan fingerprint density at radius 1 is 0.412 bits per heavy atom. The molecule has 0 saturated carbocycles. The summed E-state index contributed by atoms with van der Waals surface area (Å²) in [5, 5.41) is 9.84. The third kappa shape index (κ3) is 23.7. The summed E-state index contributed by atoms with van der Waals surface area (Å²) in [6, 6.07) is 0.375. The first kappa shape index (κ1) is 33.9. The molecule has 1 N–H and O–H groups in total. The van der Waals surface area contributed by atoms with E-state index in [0.29, 0.717) is 12.6 Å². The fourth-order valence-electron chi connectivity index (χ4n) is 5.29. The molecule has 0 aromatic carbocycles. The van der Waals surface area contributed by atoms with Gasteiger partial charge in [-0.3, -0.25) is 4.90 Å². The zero-order valence-electron chi connectivity index (χ0n) is 24.3. The van der Waals surface area contributed by atoms with Crippen LogP contribution in [-0.4, -0.2) is 35.7 Å². The smallest absolute Gasteiger partial charge is 0.0586 e. The molecule has 0 aromatic heterocycles. The van der Waals surface area contributed by atoms with Gasteiger partial charge in [0, 0.05) is 6.04 Å². The number of unbranched alkanes of at least 4 members (excludes halogenated alkanes) is 22. The molecule has 0 aliphatic heterocycles. The first-order chi connectivity index (χ1) is 16.8. The molecular weight excluding hydrogens is 414 g/mol. The van der Waals surface area contributed by atoms with E-state index >= 15 is 0 Å². The van der Waals surface area contributed by atoms with Crippen LogP contribution in [0.25, 0.3) is 0 Å². The Morgan fingerprint density at radius 2 is 0.676 bits per heavy atom. The molecule has 0 rings (SSSR count). The molecule has 0 aliphatic carbocycles. The van der Waals surface area contributed by atoms with E-state index in [0.717, 1.165) is 6.42 Å². The van der Waals surface area contributed by atoms with Crippen molar-refractivity contribution >= 4 is 0 Å². The molecule has 0 amide bonds. The van der Waals surface area contributed by atoms with Crippen molar-refractivity contribution < 1.29 is 5.11 Å². The topological polar surface area (TPSA) is 23.5 Å². The zero-order chi connectivity index (χ0) is 25.0. The lowest BCUT2D eigenvalue weighted by atomic mass is 10.0. The van der Waals surface area contributed by atoms with Gasteiger partial charge in [-0.1, -0.05) is 162 Å². The average Bonchev–Trinajstić information content (AvgIpc) is 2.85. The molecule has 0 spiro atoms. The van der Waals surface area contributed by atoms with Crippen molar-refractivity contribution in [3.63, 3.8) is 0 Å². The second kappa shape index (κ2) is 29.2. The summed E-state index contributed by atoms with van der Waals surface area (Å²) in [7, 11) is 0. The lowest BCUT2D eigenvalue weighted by molar-refractivity contribution is 0.115. The normalized spacial score (nSPS) is 12.6. The van der Waals surface area contributed by atoms with Gasteiger partial charge in [-0.05, 0) is 32.4 Å². The van der Waals surface area contributed by atoms with Crippen molar-refractivity contribution in [2.24, 2.45) is 0 Å². The van der Waals surface area contributed by atoms with E-state index in [4.69, 9.17) is 0 Å². The third-order valence-electron chi connectivity index (χ3n) is 7.80. The summed E-state index contributed by atoms with van der Waals surface area (Å²) in [6.07, 6.45) is 35.0. The van der Waals surface area contributed by atoms with Crippen LogP contribution in [0.5, 0.6) is 0 Å². The second-order valence-electron chi connectivity index (χ2n) is 11.1. The predicted octanol–water partition coefficient (Wildman–Crippen LogP) is 10.5. The molecule has 0 fully saturated rings. The standard InChI is InChI=1S/C32H67NO/c1-4-7-9-11-13-15-17-19-21-23-25-27-29-33(32(6-3)31-34)30-28-26-24-22-20-18-16-14-12-10-8-5-2/h32,34H,4-31H2,1-3H3. The van der Waals surface area contributed by atoms with Crippen LogP contribution in [0.3, 0.4) is 0 Å². The molecule has 1 unspecified atom stereocenters. The molecule has 34 heavy (non-hydrogen) atoms. The van der Waals surface area contributed by atoms with E-state index < -0.39 is 0 Å². The molecule has 0 aromatic rings. The highest BCUT2D eigenvalue weighted by molar-refractivity contribution is 4.70. The fourth-order valence-corrected chi connectivity index (χ4v) is 5.29. The summed E-state index contributed by atoms with van der Waals surface area (Å²) in [5.74, 6) is 0. The SMILES string of the molecule is CCCCCCCCCCCCCCN(CCCCCCCCCCCCCC)C(CC)CO. The van der Waals surface area contributed by atoms with Crippen LogP contribution >= 0.6 is 0 Å². The highest BCUT2D eigenvalue weighted by atomic mass is 16.3. The van der Waals surface area contributed by atoms with E-state index in [-0.39, 0.29) is 0 Å². The van der Waals surface area contributed by atoms with Crippen LogP contribution in [0.1, 0.15) is 181 Å². The number of hydrogen-bond donors (Lipinski definition) is 1. The minimum absolute atomic E-state index is 0.326. The van der Waals surface area contributed by atoms with Crippen molar-refractivity contribution in [1.29, 1.82) is 0 Å². The van der Waals surface area contributed by atoms with Crippen molar-refractivity contribution in [3.05, 3.63) is 0 Å². The van der Waals surface area contributed by atoms with E-state index in [2.05, 4.69) is 25.7 Å². The molecule has 2 heteroatoms. The molecular formula is C32H67NO. The van der Waals surface area contributed by atoms with Crippen LogP contribution in [-0.2, 0) is 0 Å². The third-order valence-corrected chi connectivity index (χ3v) is 7.80. The van der Waals surface area contributed by atoms with Gasteiger partial charge in [-0.2, -0.15) is 0 Å². The first-order valence-electron chi connectivity index (χ1n) is 16.1. The van der Waals surface area contributed by atoms with Crippen molar-refractivity contribution in [2.75, 3.05) is 19.7 Å². The largest absolute Gasteiger partial charge is 0.395 e. The monoisotopic (exact) mass is 482 g/mol. The maximum absolute atomic E-state index is 9.84. The van der Waals surface area contributed by atoms with Crippen molar-refractivity contribution in [2.45, 2.75) is 187 Å².